The Hall–Kier alpha value is -3.86. The van der Waals surface area contributed by atoms with E-state index >= 15 is 0 Å². The summed E-state index contributed by atoms with van der Waals surface area (Å²) in [5.41, 5.74) is 2.07. The molecule has 38 heavy (non-hydrogen) atoms. The molecule has 11 heteroatoms. The third-order valence-electron chi connectivity index (χ3n) is 5.84. The van der Waals surface area contributed by atoms with Gasteiger partial charge in [0.15, 0.2) is 17.3 Å². The lowest BCUT2D eigenvalue weighted by Crippen LogP contribution is -2.27. The first-order valence-corrected chi connectivity index (χ1v) is 13.6. The number of aryl methyl sites for hydroxylation is 1. The van der Waals surface area contributed by atoms with E-state index in [0.29, 0.717) is 42.2 Å². The predicted molar refractivity (Wildman–Crippen MR) is 151 cm³/mol. The van der Waals surface area contributed by atoms with E-state index < -0.39 is 0 Å². The van der Waals surface area contributed by atoms with E-state index in [4.69, 9.17) is 19.2 Å². The number of methoxy groups -OCH3 is 2. The lowest BCUT2D eigenvalue weighted by Gasteiger charge is -2.22. The maximum atomic E-state index is 6.03. The highest BCUT2D eigenvalue weighted by atomic mass is 32.1. The molecule has 0 aliphatic rings. The largest absolute Gasteiger partial charge is 0.493 e. The van der Waals surface area contributed by atoms with Crippen LogP contribution < -0.4 is 24.4 Å². The third-order valence-corrected chi connectivity index (χ3v) is 6.73. The molecule has 0 saturated carbocycles. The summed E-state index contributed by atoms with van der Waals surface area (Å²) < 4.78 is 18.6. The van der Waals surface area contributed by atoms with E-state index in [-0.39, 0.29) is 6.01 Å². The normalized spacial score (nSPS) is 10.9. The smallest absolute Gasteiger partial charge is 0.323 e. The first kappa shape index (κ1) is 27.2. The summed E-state index contributed by atoms with van der Waals surface area (Å²) in [5.74, 6) is 3.01. The molecule has 0 unspecified atom stereocenters. The Bertz CT molecular complexity index is 1300. The Balaban J connectivity index is 1.55. The summed E-state index contributed by atoms with van der Waals surface area (Å²) >= 11 is 1.67. The van der Waals surface area contributed by atoms with Gasteiger partial charge in [-0.25, -0.2) is 0 Å². The minimum Gasteiger partial charge on any atom is -0.493 e. The van der Waals surface area contributed by atoms with Gasteiger partial charge in [-0.05, 0) is 42.0 Å². The Labute approximate surface area is 227 Å². The average Bonchev–Trinajstić information content (AvgIpc) is 3.58. The molecule has 0 saturated heterocycles. The van der Waals surface area contributed by atoms with Crippen molar-refractivity contribution in [3.63, 3.8) is 0 Å². The fourth-order valence-electron chi connectivity index (χ4n) is 4.05. The highest BCUT2D eigenvalue weighted by molar-refractivity contribution is 7.13. The molecular weight excluding hydrogens is 502 g/mol. The number of thiophene rings is 1. The van der Waals surface area contributed by atoms with Gasteiger partial charge in [0.1, 0.15) is 0 Å². The second-order valence-electron chi connectivity index (χ2n) is 8.66. The molecule has 4 rings (SSSR count). The molecule has 4 aromatic rings. The molecule has 1 N–H and O–H groups in total. The van der Waals surface area contributed by atoms with Crippen LogP contribution in [-0.2, 0) is 13.5 Å². The maximum Gasteiger partial charge on any atom is 0.323 e. The monoisotopic (exact) mass is 537 g/mol. The van der Waals surface area contributed by atoms with Gasteiger partial charge in [0, 0.05) is 32.6 Å². The van der Waals surface area contributed by atoms with Crippen molar-refractivity contribution in [3.8, 4) is 28.1 Å². The van der Waals surface area contributed by atoms with Crippen LogP contribution in [0.5, 0.6) is 17.5 Å². The second kappa shape index (κ2) is 13.1. The van der Waals surface area contributed by atoms with Gasteiger partial charge in [0.2, 0.25) is 11.9 Å². The van der Waals surface area contributed by atoms with Gasteiger partial charge in [0.25, 0.3) is 0 Å². The topological polar surface area (TPSA) is 99.5 Å². The number of anilines is 3. The average molecular weight is 538 g/mol. The molecule has 202 valence electrons. The van der Waals surface area contributed by atoms with E-state index in [1.54, 1.807) is 25.6 Å². The molecule has 3 heterocycles. The standard InChI is InChI=1S/C27H35N7O3S/c1-6-13-34(14-7-2)26-29-25(28-24-18-20(33(3)32-24)23-9-8-16-38-23)30-27(31-26)37-15-12-19-10-11-21(35-4)22(17-19)36-5/h8-11,16-18H,6-7,12-15H2,1-5H3,(H,28,29,30,31,32). The predicted octanol–water partition coefficient (Wildman–Crippen LogP) is 5.34. The Morgan fingerprint density at radius 3 is 2.45 bits per heavy atom. The molecule has 0 amide bonds. The molecule has 0 fully saturated rings. The number of aromatic nitrogens is 5. The number of nitrogens with zero attached hydrogens (tertiary/aromatic N) is 6. The number of hydrogen-bond acceptors (Lipinski definition) is 10. The minimum atomic E-state index is 0.268. The van der Waals surface area contributed by atoms with Crippen LogP contribution in [0.2, 0.25) is 0 Å². The number of hydrogen-bond donors (Lipinski definition) is 1. The van der Waals surface area contributed by atoms with Crippen molar-refractivity contribution in [2.75, 3.05) is 44.1 Å². The van der Waals surface area contributed by atoms with Gasteiger partial charge in [-0.3, -0.25) is 4.68 Å². The summed E-state index contributed by atoms with van der Waals surface area (Å²) in [4.78, 5) is 17.2. The van der Waals surface area contributed by atoms with Crippen LogP contribution >= 0.6 is 11.3 Å². The van der Waals surface area contributed by atoms with Crippen LogP contribution in [0.15, 0.2) is 41.8 Å². The van der Waals surface area contributed by atoms with Crippen molar-refractivity contribution in [2.45, 2.75) is 33.1 Å². The van der Waals surface area contributed by atoms with Gasteiger partial charge >= 0.3 is 6.01 Å². The van der Waals surface area contributed by atoms with Gasteiger partial charge in [-0.15, -0.1) is 11.3 Å². The van der Waals surface area contributed by atoms with E-state index in [1.807, 2.05) is 42.1 Å². The molecule has 0 spiro atoms. The van der Waals surface area contributed by atoms with Crippen LogP contribution in [0, 0.1) is 0 Å². The van der Waals surface area contributed by atoms with Crippen LogP contribution in [0.25, 0.3) is 10.6 Å². The molecule has 0 aliphatic heterocycles. The summed E-state index contributed by atoms with van der Waals surface area (Å²) in [6.07, 6.45) is 2.62. The van der Waals surface area contributed by atoms with Crippen LogP contribution in [-0.4, -0.2) is 58.6 Å². The highest BCUT2D eigenvalue weighted by Crippen LogP contribution is 2.29. The van der Waals surface area contributed by atoms with Gasteiger partial charge in [-0.2, -0.15) is 20.1 Å². The van der Waals surface area contributed by atoms with Crippen molar-refractivity contribution in [1.82, 2.24) is 24.7 Å². The van der Waals surface area contributed by atoms with Gasteiger partial charge in [0.05, 0.1) is 31.4 Å². The van der Waals surface area contributed by atoms with Crippen LogP contribution in [0.4, 0.5) is 17.7 Å². The first-order valence-electron chi connectivity index (χ1n) is 12.7. The van der Waals surface area contributed by atoms with E-state index in [9.17, 15) is 0 Å². The second-order valence-corrected chi connectivity index (χ2v) is 9.60. The maximum absolute atomic E-state index is 6.03. The summed E-state index contributed by atoms with van der Waals surface area (Å²) in [5, 5.41) is 9.91. The molecule has 0 radical (unpaired) electrons. The first-order chi connectivity index (χ1) is 18.5. The van der Waals surface area contributed by atoms with Crippen LogP contribution in [0.1, 0.15) is 32.3 Å². The third kappa shape index (κ3) is 6.71. The fourth-order valence-corrected chi connectivity index (χ4v) is 4.83. The number of ether oxygens (including phenoxy) is 3. The highest BCUT2D eigenvalue weighted by Gasteiger charge is 2.16. The zero-order valence-corrected chi connectivity index (χ0v) is 23.4. The number of benzene rings is 1. The number of rotatable bonds is 14. The molecule has 3 aromatic heterocycles. The Morgan fingerprint density at radius 1 is 0.974 bits per heavy atom. The molecule has 0 bridgehead atoms. The molecular formula is C27H35N7O3S. The van der Waals surface area contributed by atoms with E-state index in [2.05, 4.69) is 50.6 Å². The summed E-state index contributed by atoms with van der Waals surface area (Å²) in [6, 6.07) is 12.2. The Kier molecular flexibility index (Phi) is 9.36. The van der Waals surface area contributed by atoms with Crippen molar-refractivity contribution >= 4 is 29.1 Å². The van der Waals surface area contributed by atoms with Crippen molar-refractivity contribution in [2.24, 2.45) is 7.05 Å². The molecule has 1 aromatic carbocycles. The molecule has 0 aliphatic carbocycles. The molecule has 0 atom stereocenters. The SMILES string of the molecule is CCCN(CCC)c1nc(Nc2cc(-c3cccs3)n(C)n2)nc(OCCc2ccc(OC)c(OC)c2)n1. The van der Waals surface area contributed by atoms with Gasteiger partial charge < -0.3 is 24.4 Å². The summed E-state index contributed by atoms with van der Waals surface area (Å²) in [7, 11) is 5.17. The quantitative estimate of drug-likeness (QED) is 0.228. The van der Waals surface area contributed by atoms with E-state index in [1.165, 1.54) is 0 Å². The van der Waals surface area contributed by atoms with Crippen molar-refractivity contribution in [3.05, 3.63) is 47.3 Å². The van der Waals surface area contributed by atoms with Crippen molar-refractivity contribution in [1.29, 1.82) is 0 Å². The zero-order valence-electron chi connectivity index (χ0n) is 22.6. The summed E-state index contributed by atoms with van der Waals surface area (Å²) in [6.45, 7) is 6.36. The van der Waals surface area contributed by atoms with Crippen LogP contribution in [0.3, 0.4) is 0 Å². The van der Waals surface area contributed by atoms with Gasteiger partial charge in [-0.1, -0.05) is 26.0 Å². The minimum absolute atomic E-state index is 0.268. The lowest BCUT2D eigenvalue weighted by atomic mass is 10.1. The number of nitrogens with one attached hydrogen (secondary N) is 1. The lowest BCUT2D eigenvalue weighted by molar-refractivity contribution is 0.295. The zero-order chi connectivity index (χ0) is 26.9. The molecule has 10 nitrogen and oxygen atoms in total. The fraction of sp³-hybridized carbons (Fsp3) is 0.407. The Morgan fingerprint density at radius 2 is 1.76 bits per heavy atom. The van der Waals surface area contributed by atoms with E-state index in [0.717, 1.165) is 42.1 Å². The van der Waals surface area contributed by atoms with Crippen molar-refractivity contribution < 1.29 is 14.2 Å².